The first kappa shape index (κ1) is 24.1. The highest BCUT2D eigenvalue weighted by Gasteiger charge is 2.74. The van der Waals surface area contributed by atoms with Crippen molar-refractivity contribution in [3.05, 3.63) is 42.5 Å². The smallest absolute Gasteiger partial charge is 0.310 e. The number of amides is 2. The summed E-state index contributed by atoms with van der Waals surface area (Å²) in [6.45, 7) is 5.64. The molecule has 3 heterocycles. The summed E-state index contributed by atoms with van der Waals surface area (Å²) in [7, 11) is 0. The van der Waals surface area contributed by atoms with Gasteiger partial charge in [-0.05, 0) is 48.6 Å². The topological polar surface area (TPSA) is 95.9 Å². The van der Waals surface area contributed by atoms with E-state index in [1.54, 1.807) is 23.6 Å². The van der Waals surface area contributed by atoms with Crippen LogP contribution in [0.1, 0.15) is 33.6 Å². The van der Waals surface area contributed by atoms with Crippen LogP contribution >= 0.6 is 11.8 Å². The van der Waals surface area contributed by atoms with Crippen LogP contribution in [0.3, 0.4) is 0 Å². The molecular formula is C27H32N2O5S. The van der Waals surface area contributed by atoms with E-state index >= 15 is 0 Å². The van der Waals surface area contributed by atoms with Crippen molar-refractivity contribution in [2.75, 3.05) is 18.5 Å². The molecule has 3 aliphatic heterocycles. The number of nitrogens with zero attached hydrogens (tertiary/aromatic N) is 1. The number of ether oxygens (including phenoxy) is 1. The number of anilines is 1. The normalized spacial score (nSPS) is 30.1. The first-order valence-electron chi connectivity index (χ1n) is 12.4. The highest BCUT2D eigenvalue weighted by molar-refractivity contribution is 8.02. The van der Waals surface area contributed by atoms with Gasteiger partial charge in [-0.25, -0.2) is 0 Å². The minimum absolute atomic E-state index is 0.0345. The molecule has 1 spiro atoms. The molecule has 6 atom stereocenters. The largest absolute Gasteiger partial charge is 0.466 e. The molecule has 2 aromatic rings. The SMILES string of the molecule is CCOC(=O)[C@@H]1[C@H]2C(=O)N([C@@H](CO)C(C)C)C(C(=O)Nc3ccc4ccccc4c3)C23CC[C@H]1S3. The number of fused-ring (bicyclic) bond motifs is 2. The molecule has 0 aliphatic carbocycles. The summed E-state index contributed by atoms with van der Waals surface area (Å²) in [5.41, 5.74) is 0.658. The second-order valence-corrected chi connectivity index (χ2v) is 11.7. The number of nitrogens with one attached hydrogen (secondary N) is 1. The van der Waals surface area contributed by atoms with Crippen molar-refractivity contribution in [2.24, 2.45) is 17.8 Å². The van der Waals surface area contributed by atoms with Crippen LogP contribution in [0.15, 0.2) is 42.5 Å². The Morgan fingerprint density at radius 2 is 1.97 bits per heavy atom. The molecule has 3 saturated heterocycles. The number of aliphatic hydroxyl groups excluding tert-OH is 1. The number of rotatable bonds is 7. The van der Waals surface area contributed by atoms with Crippen LogP contribution in [0.2, 0.25) is 0 Å². The molecule has 0 radical (unpaired) electrons. The second-order valence-electron chi connectivity index (χ2n) is 10.1. The fourth-order valence-electron chi connectivity index (χ4n) is 6.35. The molecule has 3 aliphatic rings. The highest BCUT2D eigenvalue weighted by atomic mass is 32.2. The first-order chi connectivity index (χ1) is 16.8. The summed E-state index contributed by atoms with van der Waals surface area (Å²) < 4.78 is 4.65. The Hall–Kier alpha value is -2.58. The zero-order chi connectivity index (χ0) is 24.9. The summed E-state index contributed by atoms with van der Waals surface area (Å²) in [6.07, 6.45) is 1.44. The van der Waals surface area contributed by atoms with Gasteiger partial charge in [0.05, 0.1) is 35.8 Å². The number of likely N-dealkylation sites (tertiary alicyclic amines) is 1. The van der Waals surface area contributed by atoms with Gasteiger partial charge in [-0.15, -0.1) is 11.8 Å². The Kier molecular flexibility index (Phi) is 6.30. The minimum Gasteiger partial charge on any atom is -0.466 e. The van der Waals surface area contributed by atoms with Crippen LogP contribution in [0.25, 0.3) is 10.8 Å². The third-order valence-electron chi connectivity index (χ3n) is 7.88. The van der Waals surface area contributed by atoms with E-state index in [2.05, 4.69) is 5.32 Å². The maximum absolute atomic E-state index is 14.0. The molecular weight excluding hydrogens is 464 g/mol. The van der Waals surface area contributed by atoms with Crippen molar-refractivity contribution in [1.82, 2.24) is 4.90 Å². The van der Waals surface area contributed by atoms with E-state index < -0.39 is 28.7 Å². The van der Waals surface area contributed by atoms with Gasteiger partial charge in [0.2, 0.25) is 11.8 Å². The standard InChI is InChI=1S/C27H32N2O5S/c1-4-34-26(33)21-20-11-12-27(35-20)22(21)25(32)29(19(14-30)15(2)3)23(27)24(31)28-18-10-9-16-7-5-6-8-17(16)13-18/h5-10,13,15,19-23,30H,4,11-12,14H2,1-3H3,(H,28,31)/t19-,20+,21-,22-,23?,27?/m0/s1. The third-order valence-corrected chi connectivity index (χ3v) is 9.83. The summed E-state index contributed by atoms with van der Waals surface area (Å²) in [4.78, 5) is 42.4. The lowest BCUT2D eigenvalue weighted by Crippen LogP contribution is -2.56. The fraction of sp³-hybridized carbons (Fsp3) is 0.519. The Bertz CT molecular complexity index is 1170. The predicted molar refractivity (Wildman–Crippen MR) is 136 cm³/mol. The number of benzene rings is 2. The maximum atomic E-state index is 14.0. The molecule has 5 rings (SSSR count). The van der Waals surface area contributed by atoms with Crippen LogP contribution in [-0.4, -0.2) is 63.1 Å². The lowest BCUT2D eigenvalue weighted by Gasteiger charge is -2.38. The monoisotopic (exact) mass is 496 g/mol. The highest BCUT2D eigenvalue weighted by Crippen LogP contribution is 2.67. The molecule has 2 aromatic carbocycles. The summed E-state index contributed by atoms with van der Waals surface area (Å²) in [5.74, 6) is -2.08. The Balaban J connectivity index is 1.54. The van der Waals surface area contributed by atoms with Gasteiger partial charge in [0.15, 0.2) is 0 Å². The zero-order valence-electron chi connectivity index (χ0n) is 20.3. The van der Waals surface area contributed by atoms with Crippen molar-refractivity contribution in [2.45, 2.75) is 55.7 Å². The van der Waals surface area contributed by atoms with Gasteiger partial charge in [0.1, 0.15) is 6.04 Å². The van der Waals surface area contributed by atoms with Gasteiger partial charge >= 0.3 is 5.97 Å². The number of aliphatic hydroxyl groups is 1. The quantitative estimate of drug-likeness (QED) is 0.570. The number of carbonyl (C=O) groups excluding carboxylic acids is 3. The Labute approximate surface area is 209 Å². The molecule has 7 nitrogen and oxygen atoms in total. The van der Waals surface area contributed by atoms with E-state index in [4.69, 9.17) is 4.74 Å². The lowest BCUT2D eigenvalue weighted by atomic mass is 9.71. The van der Waals surface area contributed by atoms with Gasteiger partial charge in [0.25, 0.3) is 0 Å². The van der Waals surface area contributed by atoms with E-state index in [-0.39, 0.29) is 42.2 Å². The van der Waals surface area contributed by atoms with Crippen LogP contribution < -0.4 is 5.32 Å². The summed E-state index contributed by atoms with van der Waals surface area (Å²) in [5, 5.41) is 15.4. The summed E-state index contributed by atoms with van der Waals surface area (Å²) in [6, 6.07) is 12.4. The predicted octanol–water partition coefficient (Wildman–Crippen LogP) is 3.45. The first-order valence-corrected chi connectivity index (χ1v) is 13.3. The van der Waals surface area contributed by atoms with E-state index in [1.165, 1.54) is 0 Å². The van der Waals surface area contributed by atoms with Gasteiger partial charge in [-0.3, -0.25) is 14.4 Å². The Morgan fingerprint density at radius 1 is 1.23 bits per heavy atom. The number of hydrogen-bond acceptors (Lipinski definition) is 6. The van der Waals surface area contributed by atoms with Gasteiger partial charge in [-0.2, -0.15) is 0 Å². The van der Waals surface area contributed by atoms with Gasteiger partial charge < -0.3 is 20.1 Å². The number of thioether (sulfide) groups is 1. The van der Waals surface area contributed by atoms with E-state index in [1.807, 2.05) is 56.3 Å². The zero-order valence-corrected chi connectivity index (χ0v) is 21.1. The van der Waals surface area contributed by atoms with Crippen LogP contribution in [0, 0.1) is 17.8 Å². The maximum Gasteiger partial charge on any atom is 0.310 e. The van der Waals surface area contributed by atoms with Crippen LogP contribution in [0.5, 0.6) is 0 Å². The second kappa shape index (κ2) is 9.13. The minimum atomic E-state index is -0.777. The molecule has 8 heteroatoms. The molecule has 2 amide bonds. The van der Waals surface area contributed by atoms with Crippen molar-refractivity contribution >= 4 is 46.0 Å². The van der Waals surface area contributed by atoms with Crippen LogP contribution in [-0.2, 0) is 19.1 Å². The molecule has 35 heavy (non-hydrogen) atoms. The van der Waals surface area contributed by atoms with Gasteiger partial charge in [0, 0.05) is 10.9 Å². The van der Waals surface area contributed by atoms with Crippen LogP contribution in [0.4, 0.5) is 5.69 Å². The molecule has 0 saturated carbocycles. The van der Waals surface area contributed by atoms with E-state index in [9.17, 15) is 19.5 Å². The average Bonchev–Trinajstić information content (AvgIpc) is 3.47. The molecule has 0 aromatic heterocycles. The number of hydrogen-bond donors (Lipinski definition) is 2. The average molecular weight is 497 g/mol. The number of carbonyl (C=O) groups is 3. The van der Waals surface area contributed by atoms with E-state index in [0.29, 0.717) is 12.1 Å². The molecule has 186 valence electrons. The number of esters is 1. The lowest BCUT2D eigenvalue weighted by molar-refractivity contribution is -0.154. The van der Waals surface area contributed by atoms with Gasteiger partial charge in [-0.1, -0.05) is 44.2 Å². The molecule has 2 N–H and O–H groups in total. The molecule has 2 bridgehead atoms. The van der Waals surface area contributed by atoms with Crippen molar-refractivity contribution < 1.29 is 24.2 Å². The third kappa shape index (κ3) is 3.73. The van der Waals surface area contributed by atoms with Crippen molar-refractivity contribution in [1.29, 1.82) is 0 Å². The summed E-state index contributed by atoms with van der Waals surface area (Å²) >= 11 is 1.60. The molecule has 3 fully saturated rings. The molecule has 2 unspecified atom stereocenters. The van der Waals surface area contributed by atoms with E-state index in [0.717, 1.165) is 17.2 Å². The Morgan fingerprint density at radius 3 is 2.66 bits per heavy atom. The van der Waals surface area contributed by atoms with Crippen molar-refractivity contribution in [3.63, 3.8) is 0 Å². The van der Waals surface area contributed by atoms with Crippen molar-refractivity contribution in [3.8, 4) is 0 Å². The fourth-order valence-corrected chi connectivity index (χ4v) is 8.55.